The van der Waals surface area contributed by atoms with Crippen molar-refractivity contribution in [2.45, 2.75) is 44.9 Å². The lowest BCUT2D eigenvalue weighted by Crippen LogP contribution is -2.02. The number of hydrogen-bond donors (Lipinski definition) is 0. The fraction of sp³-hybridized carbons (Fsp3) is 0.583. The average molecular weight is 208 g/mol. The highest BCUT2D eigenvalue weighted by Gasteiger charge is 2.18. The van der Waals surface area contributed by atoms with Gasteiger partial charge in [-0.05, 0) is 31.7 Å². The summed E-state index contributed by atoms with van der Waals surface area (Å²) in [6.45, 7) is 2.04. The van der Waals surface area contributed by atoms with Crippen LogP contribution in [0.4, 0.5) is 0 Å². The second-order valence-corrected chi connectivity index (χ2v) is 5.40. The summed E-state index contributed by atoms with van der Waals surface area (Å²) >= 11 is 1.81. The first-order chi connectivity index (χ1) is 6.81. The molecule has 1 saturated carbocycles. The fourth-order valence-electron chi connectivity index (χ4n) is 2.23. The molecule has 1 heterocycles. The molecule has 1 aliphatic rings. The molecular weight excluding hydrogens is 192 g/mol. The summed E-state index contributed by atoms with van der Waals surface area (Å²) < 4.78 is 0. The van der Waals surface area contributed by atoms with Crippen LogP contribution in [0.5, 0.6) is 0 Å². The van der Waals surface area contributed by atoms with Crippen LogP contribution in [0.3, 0.4) is 0 Å². The average Bonchev–Trinajstić information content (AvgIpc) is 2.61. The van der Waals surface area contributed by atoms with Crippen LogP contribution in [0.15, 0.2) is 6.07 Å². The number of aldehydes is 1. The van der Waals surface area contributed by atoms with Crippen molar-refractivity contribution in [1.29, 1.82) is 0 Å². The molecule has 0 unspecified atom stereocenters. The lowest BCUT2D eigenvalue weighted by Gasteiger charge is -2.19. The third kappa shape index (κ3) is 1.90. The van der Waals surface area contributed by atoms with Crippen LogP contribution in [-0.2, 0) is 0 Å². The molecule has 0 amide bonds. The van der Waals surface area contributed by atoms with Gasteiger partial charge in [-0.1, -0.05) is 19.3 Å². The molecule has 1 aromatic rings. The molecular formula is C12H16OS. The van der Waals surface area contributed by atoms with Crippen molar-refractivity contribution in [2.75, 3.05) is 0 Å². The van der Waals surface area contributed by atoms with Crippen molar-refractivity contribution < 1.29 is 4.79 Å². The molecule has 0 atom stereocenters. The molecule has 1 fully saturated rings. The number of hydrogen-bond acceptors (Lipinski definition) is 2. The monoisotopic (exact) mass is 208 g/mol. The van der Waals surface area contributed by atoms with E-state index in [4.69, 9.17) is 0 Å². The van der Waals surface area contributed by atoms with Gasteiger partial charge >= 0.3 is 0 Å². The van der Waals surface area contributed by atoms with Gasteiger partial charge in [-0.2, -0.15) is 0 Å². The Morgan fingerprint density at radius 1 is 1.36 bits per heavy atom. The van der Waals surface area contributed by atoms with Gasteiger partial charge < -0.3 is 0 Å². The van der Waals surface area contributed by atoms with Crippen LogP contribution < -0.4 is 0 Å². The molecule has 0 bridgehead atoms. The summed E-state index contributed by atoms with van der Waals surface area (Å²) in [4.78, 5) is 13.3. The Hall–Kier alpha value is -0.630. The summed E-state index contributed by atoms with van der Waals surface area (Å²) in [5.74, 6) is 0.737. The Labute approximate surface area is 89.1 Å². The molecule has 0 radical (unpaired) electrons. The van der Waals surface area contributed by atoms with Crippen molar-refractivity contribution in [1.82, 2.24) is 0 Å². The summed E-state index contributed by atoms with van der Waals surface area (Å²) in [5.41, 5.74) is 0.899. The maximum atomic E-state index is 10.7. The van der Waals surface area contributed by atoms with Gasteiger partial charge in [0.1, 0.15) is 0 Å². The van der Waals surface area contributed by atoms with E-state index >= 15 is 0 Å². The van der Waals surface area contributed by atoms with Gasteiger partial charge in [-0.15, -0.1) is 11.3 Å². The normalized spacial score (nSPS) is 18.4. The van der Waals surface area contributed by atoms with E-state index in [1.54, 1.807) is 0 Å². The Balaban J connectivity index is 2.18. The fourth-order valence-corrected chi connectivity index (χ4v) is 3.39. The summed E-state index contributed by atoms with van der Waals surface area (Å²) in [7, 11) is 0. The first kappa shape index (κ1) is 9.91. The highest BCUT2D eigenvalue weighted by atomic mass is 32.1. The predicted molar refractivity (Wildman–Crippen MR) is 60.3 cm³/mol. The van der Waals surface area contributed by atoms with Gasteiger partial charge in [0.05, 0.1) is 0 Å². The SMILES string of the molecule is Cc1sc(C2CCCCC2)cc1C=O. The highest BCUT2D eigenvalue weighted by molar-refractivity contribution is 7.12. The molecule has 0 aliphatic heterocycles. The minimum Gasteiger partial charge on any atom is -0.298 e. The largest absolute Gasteiger partial charge is 0.298 e. The Morgan fingerprint density at radius 2 is 2.07 bits per heavy atom. The molecule has 14 heavy (non-hydrogen) atoms. The smallest absolute Gasteiger partial charge is 0.151 e. The first-order valence-corrected chi connectivity index (χ1v) is 6.18. The van der Waals surface area contributed by atoms with Gasteiger partial charge in [0.2, 0.25) is 0 Å². The summed E-state index contributed by atoms with van der Waals surface area (Å²) in [6, 6.07) is 2.10. The van der Waals surface area contributed by atoms with Crippen molar-refractivity contribution >= 4 is 17.6 Å². The molecule has 2 heteroatoms. The van der Waals surface area contributed by atoms with E-state index in [9.17, 15) is 4.79 Å². The molecule has 76 valence electrons. The number of aryl methyl sites for hydroxylation is 1. The summed E-state index contributed by atoms with van der Waals surface area (Å²) in [5, 5.41) is 0. The first-order valence-electron chi connectivity index (χ1n) is 5.37. The molecule has 1 aromatic heterocycles. The van der Waals surface area contributed by atoms with Crippen molar-refractivity contribution in [3.63, 3.8) is 0 Å². The van der Waals surface area contributed by atoms with E-state index in [1.807, 2.05) is 18.3 Å². The maximum absolute atomic E-state index is 10.7. The van der Waals surface area contributed by atoms with Gasteiger partial charge in [0.25, 0.3) is 0 Å². The van der Waals surface area contributed by atoms with Crippen molar-refractivity contribution in [2.24, 2.45) is 0 Å². The molecule has 0 aromatic carbocycles. The molecule has 1 aliphatic carbocycles. The second kappa shape index (κ2) is 4.26. The lowest BCUT2D eigenvalue weighted by molar-refractivity contribution is 0.112. The second-order valence-electron chi connectivity index (χ2n) is 4.11. The molecule has 0 spiro atoms. The van der Waals surface area contributed by atoms with Crippen LogP contribution >= 0.6 is 11.3 Å². The number of carbonyl (C=O) groups excluding carboxylic acids is 1. The number of thiophene rings is 1. The zero-order valence-electron chi connectivity index (χ0n) is 8.58. The van der Waals surface area contributed by atoms with E-state index < -0.39 is 0 Å². The minimum atomic E-state index is 0.737. The van der Waals surface area contributed by atoms with Crippen molar-refractivity contribution in [3.05, 3.63) is 21.4 Å². The maximum Gasteiger partial charge on any atom is 0.151 e. The quantitative estimate of drug-likeness (QED) is 0.673. The highest BCUT2D eigenvalue weighted by Crippen LogP contribution is 2.37. The van der Waals surface area contributed by atoms with E-state index in [0.717, 1.165) is 17.8 Å². The number of rotatable bonds is 2. The third-order valence-corrected chi connectivity index (χ3v) is 4.34. The zero-order chi connectivity index (χ0) is 9.97. The van der Waals surface area contributed by atoms with Crippen LogP contribution in [0.25, 0.3) is 0 Å². The predicted octanol–water partition coefficient (Wildman–Crippen LogP) is 3.92. The molecule has 0 saturated heterocycles. The lowest BCUT2D eigenvalue weighted by atomic mass is 9.88. The number of carbonyl (C=O) groups is 1. The molecule has 0 N–H and O–H groups in total. The Morgan fingerprint density at radius 3 is 2.64 bits per heavy atom. The van der Waals surface area contributed by atoms with Gasteiger partial charge in [0.15, 0.2) is 6.29 Å². The Kier molecular flexibility index (Phi) is 3.02. The van der Waals surface area contributed by atoms with E-state index in [1.165, 1.54) is 41.9 Å². The van der Waals surface area contributed by atoms with Crippen LogP contribution in [0.2, 0.25) is 0 Å². The van der Waals surface area contributed by atoms with E-state index in [2.05, 4.69) is 6.07 Å². The third-order valence-electron chi connectivity index (χ3n) is 3.11. The standard InChI is InChI=1S/C12H16OS/c1-9-11(8-13)7-12(14-9)10-5-3-2-4-6-10/h7-8,10H,2-6H2,1H3. The van der Waals surface area contributed by atoms with Crippen LogP contribution in [-0.4, -0.2) is 6.29 Å². The van der Waals surface area contributed by atoms with Gasteiger partial charge in [-0.25, -0.2) is 0 Å². The van der Waals surface area contributed by atoms with Crippen molar-refractivity contribution in [3.8, 4) is 0 Å². The minimum absolute atomic E-state index is 0.737. The summed E-state index contributed by atoms with van der Waals surface area (Å²) in [6.07, 6.45) is 7.73. The van der Waals surface area contributed by atoms with Gasteiger partial charge in [-0.3, -0.25) is 4.79 Å². The Bertz CT molecular complexity index is 321. The molecule has 2 rings (SSSR count). The van der Waals surface area contributed by atoms with E-state index in [-0.39, 0.29) is 0 Å². The van der Waals surface area contributed by atoms with Crippen LogP contribution in [0, 0.1) is 6.92 Å². The van der Waals surface area contributed by atoms with Gasteiger partial charge in [0, 0.05) is 15.3 Å². The zero-order valence-corrected chi connectivity index (χ0v) is 9.40. The van der Waals surface area contributed by atoms with Crippen LogP contribution in [0.1, 0.15) is 58.1 Å². The van der Waals surface area contributed by atoms with E-state index in [0.29, 0.717) is 0 Å². The topological polar surface area (TPSA) is 17.1 Å². The molecule has 1 nitrogen and oxygen atoms in total.